The lowest BCUT2D eigenvalue weighted by Crippen LogP contribution is -2.49. The van der Waals surface area contributed by atoms with E-state index in [1.54, 1.807) is 13.8 Å². The number of ether oxygens (including phenoxy) is 1. The Balaban J connectivity index is 2.17. The Morgan fingerprint density at radius 1 is 1.50 bits per heavy atom. The number of aromatic nitrogens is 1. The number of carbonyl (C=O) groups is 2. The monoisotopic (exact) mass is 344 g/mol. The largest absolute Gasteiger partial charge is 0.464 e. The Bertz CT molecular complexity index is 588. The van der Waals surface area contributed by atoms with Crippen molar-refractivity contribution in [1.29, 1.82) is 0 Å². The van der Waals surface area contributed by atoms with Crippen LogP contribution in [0.5, 0.6) is 0 Å². The Hall–Kier alpha value is -1.99. The first kappa shape index (κ1) is 18.4. The fraction of sp³-hybridized carbons (Fsp3) is 0.688. The van der Waals surface area contributed by atoms with E-state index in [0.717, 1.165) is 0 Å². The molecule has 6 nitrogen and oxygen atoms in total. The second-order valence-corrected chi connectivity index (χ2v) is 5.94. The van der Waals surface area contributed by atoms with Gasteiger partial charge in [-0.05, 0) is 32.1 Å². The third-order valence-corrected chi connectivity index (χ3v) is 4.20. The molecule has 1 saturated carbocycles. The van der Waals surface area contributed by atoms with Crippen molar-refractivity contribution in [2.24, 2.45) is 5.92 Å². The summed E-state index contributed by atoms with van der Waals surface area (Å²) in [7, 11) is 0. The minimum absolute atomic E-state index is 0.113. The van der Waals surface area contributed by atoms with E-state index in [1.807, 2.05) is 0 Å². The van der Waals surface area contributed by atoms with Gasteiger partial charge in [0.25, 0.3) is 5.91 Å². The van der Waals surface area contributed by atoms with E-state index in [2.05, 4.69) is 10.5 Å². The minimum Gasteiger partial charge on any atom is -0.464 e. The summed E-state index contributed by atoms with van der Waals surface area (Å²) in [6.07, 6.45) is 1.76. The summed E-state index contributed by atoms with van der Waals surface area (Å²) < 4.78 is 37.1. The number of amides is 1. The van der Waals surface area contributed by atoms with E-state index in [1.165, 1.54) is 6.26 Å². The molecule has 0 spiro atoms. The third kappa shape index (κ3) is 4.30. The summed E-state index contributed by atoms with van der Waals surface area (Å²) in [6, 6.07) is -1.11. The van der Waals surface area contributed by atoms with Gasteiger partial charge in [-0.25, -0.2) is 13.6 Å². The van der Waals surface area contributed by atoms with Gasteiger partial charge in [0, 0.05) is 12.8 Å². The summed E-state index contributed by atoms with van der Waals surface area (Å²) in [5.74, 6) is -4.76. The van der Waals surface area contributed by atoms with Crippen LogP contribution in [-0.2, 0) is 16.0 Å². The van der Waals surface area contributed by atoms with Crippen LogP contribution in [0.1, 0.15) is 55.6 Å². The fourth-order valence-electron chi connectivity index (χ4n) is 3.01. The van der Waals surface area contributed by atoms with Crippen molar-refractivity contribution >= 4 is 11.9 Å². The van der Waals surface area contributed by atoms with Crippen LogP contribution in [0.15, 0.2) is 10.8 Å². The SMILES string of the molecule is CCOC(=O)C(NC(=O)c1conc1CC)C1CCCC(F)(F)C1. The molecule has 1 aromatic rings. The smallest absolute Gasteiger partial charge is 0.328 e. The topological polar surface area (TPSA) is 81.4 Å². The van der Waals surface area contributed by atoms with E-state index in [4.69, 9.17) is 9.26 Å². The molecule has 0 aromatic carbocycles. The van der Waals surface area contributed by atoms with E-state index < -0.39 is 36.2 Å². The molecule has 1 aliphatic carbocycles. The fourth-order valence-corrected chi connectivity index (χ4v) is 3.01. The number of nitrogens with zero attached hydrogens (tertiary/aromatic N) is 1. The van der Waals surface area contributed by atoms with Crippen molar-refractivity contribution in [3.8, 4) is 0 Å². The molecule has 134 valence electrons. The molecule has 0 saturated heterocycles. The number of hydrogen-bond donors (Lipinski definition) is 1. The maximum absolute atomic E-state index is 13.7. The first-order valence-electron chi connectivity index (χ1n) is 8.16. The van der Waals surface area contributed by atoms with Gasteiger partial charge in [0.05, 0.1) is 12.3 Å². The lowest BCUT2D eigenvalue weighted by atomic mass is 9.81. The molecule has 0 radical (unpaired) electrons. The van der Waals surface area contributed by atoms with Crippen molar-refractivity contribution in [3.05, 3.63) is 17.5 Å². The Kier molecular flexibility index (Phi) is 5.90. The second kappa shape index (κ2) is 7.72. The molecule has 1 N–H and O–H groups in total. The van der Waals surface area contributed by atoms with Crippen molar-refractivity contribution in [2.75, 3.05) is 6.61 Å². The van der Waals surface area contributed by atoms with Crippen LogP contribution < -0.4 is 5.32 Å². The lowest BCUT2D eigenvalue weighted by Gasteiger charge is -2.33. The number of nitrogens with one attached hydrogen (secondary N) is 1. The number of alkyl halides is 2. The number of rotatable bonds is 6. The quantitative estimate of drug-likeness (QED) is 0.803. The van der Waals surface area contributed by atoms with E-state index in [9.17, 15) is 18.4 Å². The molecule has 1 aromatic heterocycles. The van der Waals surface area contributed by atoms with Gasteiger partial charge in [-0.2, -0.15) is 0 Å². The zero-order chi connectivity index (χ0) is 17.7. The number of halogens is 2. The number of carbonyl (C=O) groups excluding carboxylic acids is 2. The molecular formula is C16H22F2N2O4. The highest BCUT2D eigenvalue weighted by Gasteiger charge is 2.42. The van der Waals surface area contributed by atoms with Crippen LogP contribution in [0.3, 0.4) is 0 Å². The zero-order valence-corrected chi connectivity index (χ0v) is 13.8. The molecule has 2 atom stereocenters. The maximum atomic E-state index is 13.7. The molecular weight excluding hydrogens is 322 g/mol. The highest BCUT2D eigenvalue weighted by Crippen LogP contribution is 2.38. The standard InChI is InChI=1S/C16H22F2N2O4/c1-3-12-11(9-24-20-12)14(21)19-13(15(22)23-4-2)10-6-5-7-16(17,18)8-10/h9-10,13H,3-8H2,1-2H3,(H,19,21). The first-order chi connectivity index (χ1) is 11.4. The second-order valence-electron chi connectivity index (χ2n) is 5.94. The van der Waals surface area contributed by atoms with Gasteiger partial charge >= 0.3 is 5.97 Å². The number of aryl methyl sites for hydroxylation is 1. The van der Waals surface area contributed by atoms with Crippen LogP contribution >= 0.6 is 0 Å². The predicted molar refractivity (Wildman–Crippen MR) is 80.7 cm³/mol. The molecule has 1 amide bonds. The summed E-state index contributed by atoms with van der Waals surface area (Å²) in [4.78, 5) is 24.6. The van der Waals surface area contributed by atoms with Crippen LogP contribution in [0.2, 0.25) is 0 Å². The lowest BCUT2D eigenvalue weighted by molar-refractivity contribution is -0.149. The average Bonchev–Trinajstić information content (AvgIpc) is 3.00. The number of hydrogen-bond acceptors (Lipinski definition) is 5. The van der Waals surface area contributed by atoms with Gasteiger partial charge in [-0.15, -0.1) is 0 Å². The normalized spacial score (nSPS) is 21.1. The van der Waals surface area contributed by atoms with Crippen LogP contribution in [0, 0.1) is 5.92 Å². The highest BCUT2D eigenvalue weighted by molar-refractivity contribution is 5.97. The zero-order valence-electron chi connectivity index (χ0n) is 13.8. The molecule has 1 heterocycles. The predicted octanol–water partition coefficient (Wildman–Crippen LogP) is 2.72. The Morgan fingerprint density at radius 2 is 2.25 bits per heavy atom. The van der Waals surface area contributed by atoms with Gasteiger partial charge in [0.2, 0.25) is 5.92 Å². The van der Waals surface area contributed by atoms with Gasteiger partial charge in [-0.3, -0.25) is 4.79 Å². The number of esters is 1. The minimum atomic E-state index is -2.83. The molecule has 1 aliphatic rings. The van der Waals surface area contributed by atoms with Crippen molar-refractivity contribution < 1.29 is 27.6 Å². The summed E-state index contributed by atoms with van der Waals surface area (Å²) in [5, 5.41) is 6.25. The molecule has 8 heteroatoms. The highest BCUT2D eigenvalue weighted by atomic mass is 19.3. The van der Waals surface area contributed by atoms with E-state index in [-0.39, 0.29) is 18.6 Å². The third-order valence-electron chi connectivity index (χ3n) is 4.20. The molecule has 0 bridgehead atoms. The average molecular weight is 344 g/mol. The molecule has 24 heavy (non-hydrogen) atoms. The van der Waals surface area contributed by atoms with Gasteiger partial charge < -0.3 is 14.6 Å². The molecule has 2 unspecified atom stereocenters. The van der Waals surface area contributed by atoms with Crippen LogP contribution in [0.4, 0.5) is 8.78 Å². The molecule has 0 aliphatic heterocycles. The van der Waals surface area contributed by atoms with Gasteiger partial charge in [-0.1, -0.05) is 12.1 Å². The van der Waals surface area contributed by atoms with Crippen molar-refractivity contribution in [1.82, 2.24) is 10.5 Å². The maximum Gasteiger partial charge on any atom is 0.328 e. The van der Waals surface area contributed by atoms with E-state index >= 15 is 0 Å². The van der Waals surface area contributed by atoms with Crippen molar-refractivity contribution in [2.45, 2.75) is 57.9 Å². The van der Waals surface area contributed by atoms with Crippen LogP contribution in [0.25, 0.3) is 0 Å². The first-order valence-corrected chi connectivity index (χ1v) is 8.16. The van der Waals surface area contributed by atoms with E-state index in [0.29, 0.717) is 25.0 Å². The van der Waals surface area contributed by atoms with Gasteiger partial charge in [0.15, 0.2) is 0 Å². The molecule has 2 rings (SSSR count). The van der Waals surface area contributed by atoms with Crippen LogP contribution in [-0.4, -0.2) is 35.6 Å². The summed E-state index contributed by atoms with van der Waals surface area (Å²) in [5.41, 5.74) is 0.651. The summed E-state index contributed by atoms with van der Waals surface area (Å²) >= 11 is 0. The Morgan fingerprint density at radius 3 is 2.88 bits per heavy atom. The van der Waals surface area contributed by atoms with Crippen molar-refractivity contribution in [3.63, 3.8) is 0 Å². The molecule has 1 fully saturated rings. The van der Waals surface area contributed by atoms with Gasteiger partial charge in [0.1, 0.15) is 17.9 Å². The Labute approximate surface area is 138 Å². The summed E-state index contributed by atoms with van der Waals surface area (Å²) in [6.45, 7) is 3.54.